The van der Waals surface area contributed by atoms with Gasteiger partial charge in [-0.15, -0.1) is 0 Å². The van der Waals surface area contributed by atoms with E-state index in [0.29, 0.717) is 29.2 Å². The second-order valence-electron chi connectivity index (χ2n) is 9.67. The van der Waals surface area contributed by atoms with Crippen LogP contribution in [0.15, 0.2) is 48.9 Å². The molecule has 0 bridgehead atoms. The van der Waals surface area contributed by atoms with E-state index in [4.69, 9.17) is 9.97 Å². The van der Waals surface area contributed by atoms with Gasteiger partial charge in [0.25, 0.3) is 0 Å². The zero-order valence-electron chi connectivity index (χ0n) is 20.0. The van der Waals surface area contributed by atoms with Gasteiger partial charge in [-0.2, -0.15) is 0 Å². The number of hydrogen-bond donors (Lipinski definition) is 2. The molecule has 0 amide bonds. The highest BCUT2D eigenvalue weighted by molar-refractivity contribution is 5.93. The van der Waals surface area contributed by atoms with Crippen LogP contribution in [0.5, 0.6) is 0 Å². The summed E-state index contributed by atoms with van der Waals surface area (Å²) >= 11 is 0. The van der Waals surface area contributed by atoms with Crippen molar-refractivity contribution in [1.82, 2.24) is 24.8 Å². The molecular weight excluding hydrogens is 460 g/mol. The molecule has 1 aromatic carbocycles. The molecule has 0 unspecified atom stereocenters. The number of halogens is 2. The number of anilines is 3. The molecule has 1 saturated carbocycles. The van der Waals surface area contributed by atoms with Crippen LogP contribution in [-0.4, -0.2) is 51.0 Å². The smallest absolute Gasteiger partial charge is 0.162 e. The highest BCUT2D eigenvalue weighted by Gasteiger charge is 2.28. The third kappa shape index (κ3) is 4.58. The second kappa shape index (κ2) is 9.39. The van der Waals surface area contributed by atoms with Crippen molar-refractivity contribution < 1.29 is 8.78 Å². The van der Waals surface area contributed by atoms with E-state index >= 15 is 0 Å². The van der Waals surface area contributed by atoms with Gasteiger partial charge in [0, 0.05) is 29.4 Å². The number of benzene rings is 1. The van der Waals surface area contributed by atoms with Gasteiger partial charge in [-0.05, 0) is 81.6 Å². The Bertz CT molecular complexity index is 1390. The fourth-order valence-corrected chi connectivity index (χ4v) is 4.78. The van der Waals surface area contributed by atoms with E-state index in [1.807, 2.05) is 6.20 Å². The van der Waals surface area contributed by atoms with Gasteiger partial charge in [-0.1, -0.05) is 6.07 Å². The Labute approximate surface area is 208 Å². The van der Waals surface area contributed by atoms with Crippen molar-refractivity contribution in [3.8, 4) is 11.4 Å². The number of hydrogen-bond acceptors (Lipinski definition) is 7. The van der Waals surface area contributed by atoms with Gasteiger partial charge in [0.05, 0.1) is 11.7 Å². The predicted octanol–water partition coefficient (Wildman–Crippen LogP) is 5.49. The molecular formula is C27H27F2N7. The minimum absolute atomic E-state index is 0.246. The van der Waals surface area contributed by atoms with Gasteiger partial charge in [0.1, 0.15) is 29.0 Å². The average Bonchev–Trinajstić information content (AvgIpc) is 3.73. The van der Waals surface area contributed by atoms with Crippen LogP contribution in [0.2, 0.25) is 0 Å². The molecule has 9 heteroatoms. The lowest BCUT2D eigenvalue weighted by Gasteiger charge is -2.30. The molecule has 0 radical (unpaired) electrons. The molecule has 4 heterocycles. The molecule has 7 nitrogen and oxygen atoms in total. The van der Waals surface area contributed by atoms with E-state index in [1.54, 1.807) is 24.5 Å². The van der Waals surface area contributed by atoms with Crippen molar-refractivity contribution in [2.45, 2.75) is 37.6 Å². The van der Waals surface area contributed by atoms with E-state index in [0.717, 1.165) is 55.5 Å². The first-order valence-electron chi connectivity index (χ1n) is 12.3. The van der Waals surface area contributed by atoms with Gasteiger partial charge in [0.15, 0.2) is 5.82 Å². The summed E-state index contributed by atoms with van der Waals surface area (Å²) in [7, 11) is 2.15. The fourth-order valence-electron chi connectivity index (χ4n) is 4.78. The largest absolute Gasteiger partial charge is 0.367 e. The summed E-state index contributed by atoms with van der Waals surface area (Å²) in [6.45, 7) is 2.08. The molecule has 2 N–H and O–H groups in total. The van der Waals surface area contributed by atoms with Crippen LogP contribution in [0.3, 0.4) is 0 Å². The van der Waals surface area contributed by atoms with Crippen molar-refractivity contribution in [3.05, 3.63) is 66.1 Å². The van der Waals surface area contributed by atoms with Crippen LogP contribution in [0.4, 0.5) is 26.1 Å². The molecule has 2 fully saturated rings. The number of nitrogens with one attached hydrogen (secondary N) is 2. The Morgan fingerprint density at radius 2 is 1.75 bits per heavy atom. The monoisotopic (exact) mass is 487 g/mol. The van der Waals surface area contributed by atoms with Crippen molar-refractivity contribution in [2.75, 3.05) is 30.8 Å². The summed E-state index contributed by atoms with van der Waals surface area (Å²) < 4.78 is 28.3. The van der Waals surface area contributed by atoms with E-state index < -0.39 is 11.6 Å². The molecule has 0 atom stereocenters. The SMILES string of the molecule is CN1CCC(Nc2nc(-c3ccnc(Nc4c(F)cccc4F)c3)nc3cncc(C4CC4)c23)CC1. The van der Waals surface area contributed by atoms with Crippen LogP contribution >= 0.6 is 0 Å². The minimum Gasteiger partial charge on any atom is -0.367 e. The Morgan fingerprint density at radius 3 is 2.50 bits per heavy atom. The molecule has 4 aromatic rings. The molecule has 6 rings (SSSR count). The average molecular weight is 488 g/mol. The molecule has 1 aliphatic heterocycles. The first-order valence-corrected chi connectivity index (χ1v) is 12.3. The second-order valence-corrected chi connectivity index (χ2v) is 9.67. The van der Waals surface area contributed by atoms with Crippen LogP contribution in [0.1, 0.15) is 37.2 Å². The number of para-hydroxylation sites is 1. The summed E-state index contributed by atoms with van der Waals surface area (Å²) in [4.78, 5) is 20.9. The number of rotatable bonds is 6. The maximum Gasteiger partial charge on any atom is 0.162 e. The van der Waals surface area contributed by atoms with Crippen molar-refractivity contribution in [2.24, 2.45) is 0 Å². The first-order chi connectivity index (χ1) is 17.5. The molecule has 1 saturated heterocycles. The molecule has 184 valence electrons. The van der Waals surface area contributed by atoms with Crippen LogP contribution < -0.4 is 10.6 Å². The summed E-state index contributed by atoms with van der Waals surface area (Å²) in [5, 5.41) is 7.50. The number of pyridine rings is 2. The van der Waals surface area contributed by atoms with Crippen molar-refractivity contribution in [3.63, 3.8) is 0 Å². The summed E-state index contributed by atoms with van der Waals surface area (Å²) in [6, 6.07) is 7.55. The van der Waals surface area contributed by atoms with E-state index in [2.05, 4.69) is 32.5 Å². The Hall–Kier alpha value is -3.72. The number of aromatic nitrogens is 4. The van der Waals surface area contributed by atoms with E-state index in [9.17, 15) is 8.78 Å². The zero-order valence-corrected chi connectivity index (χ0v) is 20.0. The maximum absolute atomic E-state index is 14.2. The third-order valence-electron chi connectivity index (χ3n) is 6.95. The number of fused-ring (bicyclic) bond motifs is 1. The Balaban J connectivity index is 1.39. The maximum atomic E-state index is 14.2. The molecule has 36 heavy (non-hydrogen) atoms. The molecule has 0 spiro atoms. The Kier molecular flexibility index (Phi) is 5.92. The number of piperidine rings is 1. The minimum atomic E-state index is -0.688. The first kappa shape index (κ1) is 22.7. The zero-order chi connectivity index (χ0) is 24.6. The van der Waals surface area contributed by atoms with E-state index in [-0.39, 0.29) is 5.69 Å². The third-order valence-corrected chi connectivity index (χ3v) is 6.95. The van der Waals surface area contributed by atoms with Gasteiger partial charge in [-0.3, -0.25) is 4.98 Å². The lowest BCUT2D eigenvalue weighted by molar-refractivity contribution is 0.264. The van der Waals surface area contributed by atoms with Crippen LogP contribution in [0, 0.1) is 11.6 Å². The summed E-state index contributed by atoms with van der Waals surface area (Å²) in [5.41, 5.74) is 2.42. The van der Waals surface area contributed by atoms with Gasteiger partial charge in [0.2, 0.25) is 0 Å². The quantitative estimate of drug-likeness (QED) is 0.372. The van der Waals surface area contributed by atoms with Crippen molar-refractivity contribution >= 4 is 28.2 Å². The summed E-state index contributed by atoms with van der Waals surface area (Å²) in [6.07, 6.45) is 9.69. The lowest BCUT2D eigenvalue weighted by atomic mass is 10.0. The topological polar surface area (TPSA) is 78.9 Å². The molecule has 3 aromatic heterocycles. The Morgan fingerprint density at radius 1 is 0.972 bits per heavy atom. The van der Waals surface area contributed by atoms with Gasteiger partial charge < -0.3 is 15.5 Å². The lowest BCUT2D eigenvalue weighted by Crippen LogP contribution is -2.37. The van der Waals surface area contributed by atoms with Crippen LogP contribution in [-0.2, 0) is 0 Å². The standard InChI is InChI=1S/C27H27F2N7/c1-36-11-8-18(9-12-36)32-27-24-19(16-5-6-16)14-30-15-22(24)33-26(35-27)17-7-10-31-23(13-17)34-25-20(28)3-2-4-21(25)29/h2-4,7,10,13-16,18H,5-6,8-9,11-12H2,1H3,(H,31,34)(H,32,33,35). The molecule has 1 aliphatic carbocycles. The fraction of sp³-hybridized carbons (Fsp3) is 0.333. The highest BCUT2D eigenvalue weighted by Crippen LogP contribution is 2.44. The van der Waals surface area contributed by atoms with E-state index in [1.165, 1.54) is 23.8 Å². The highest BCUT2D eigenvalue weighted by atomic mass is 19.1. The van der Waals surface area contributed by atoms with Crippen LogP contribution in [0.25, 0.3) is 22.3 Å². The summed E-state index contributed by atoms with van der Waals surface area (Å²) in [5.74, 6) is 0.753. The van der Waals surface area contributed by atoms with Gasteiger partial charge in [-0.25, -0.2) is 23.7 Å². The number of nitrogens with zero attached hydrogens (tertiary/aromatic N) is 5. The van der Waals surface area contributed by atoms with Gasteiger partial charge >= 0.3 is 0 Å². The predicted molar refractivity (Wildman–Crippen MR) is 136 cm³/mol. The normalized spacial score (nSPS) is 16.9. The number of likely N-dealkylation sites (tertiary alicyclic amines) is 1. The van der Waals surface area contributed by atoms with Crippen molar-refractivity contribution in [1.29, 1.82) is 0 Å². The molecule has 2 aliphatic rings.